The molecule has 0 fully saturated rings. The van der Waals surface area contributed by atoms with E-state index in [-0.39, 0.29) is 0 Å². The fourth-order valence-corrected chi connectivity index (χ4v) is 0.877. The first-order valence-corrected chi connectivity index (χ1v) is 3.64. The van der Waals surface area contributed by atoms with Gasteiger partial charge in [-0.3, -0.25) is 4.99 Å². The van der Waals surface area contributed by atoms with E-state index in [1.165, 1.54) is 5.57 Å². The Bertz CT molecular complexity index is 187. The van der Waals surface area contributed by atoms with Crippen LogP contribution in [0.25, 0.3) is 0 Å². The summed E-state index contributed by atoms with van der Waals surface area (Å²) in [6, 6.07) is 0. The molecule has 0 radical (unpaired) electrons. The predicted molar refractivity (Wildman–Crippen MR) is 45.2 cm³/mol. The molecule has 1 rings (SSSR count). The van der Waals surface area contributed by atoms with Gasteiger partial charge in [0.15, 0.2) is 0 Å². The van der Waals surface area contributed by atoms with Crippen molar-refractivity contribution in [2.24, 2.45) is 10.9 Å². The molecule has 1 nitrogen and oxygen atoms in total. The van der Waals surface area contributed by atoms with Crippen LogP contribution in [0.4, 0.5) is 0 Å². The second-order valence-corrected chi connectivity index (χ2v) is 2.76. The number of aliphatic imine (C=N–C) groups is 1. The van der Waals surface area contributed by atoms with Gasteiger partial charge in [0.05, 0.1) is 0 Å². The van der Waals surface area contributed by atoms with Gasteiger partial charge in [0, 0.05) is 18.3 Å². The number of nitrogens with zero attached hydrogens (tertiary/aromatic N) is 1. The molecule has 1 aliphatic heterocycles. The van der Waals surface area contributed by atoms with Gasteiger partial charge in [-0.2, -0.15) is 0 Å². The maximum Gasteiger partial charge on any atom is 0.0256 e. The molecule has 0 aromatic rings. The molecule has 1 heteroatoms. The van der Waals surface area contributed by atoms with Gasteiger partial charge in [-0.05, 0) is 13.3 Å². The first-order valence-electron chi connectivity index (χ1n) is 3.64. The largest absolute Gasteiger partial charge is 0.269 e. The van der Waals surface area contributed by atoms with Gasteiger partial charge in [0.1, 0.15) is 0 Å². The minimum absolute atomic E-state index is 0.490. The van der Waals surface area contributed by atoms with Crippen LogP contribution in [0.3, 0.4) is 0 Å². The molecule has 0 aromatic carbocycles. The van der Waals surface area contributed by atoms with Crippen molar-refractivity contribution in [2.45, 2.75) is 20.3 Å². The van der Waals surface area contributed by atoms with E-state index in [9.17, 15) is 0 Å². The van der Waals surface area contributed by atoms with Crippen LogP contribution in [-0.2, 0) is 0 Å². The van der Waals surface area contributed by atoms with Crippen LogP contribution in [-0.4, -0.2) is 6.21 Å². The highest BCUT2D eigenvalue weighted by Gasteiger charge is 1.92. The lowest BCUT2D eigenvalue weighted by Crippen LogP contribution is -1.91. The van der Waals surface area contributed by atoms with Crippen LogP contribution < -0.4 is 0 Å². The van der Waals surface area contributed by atoms with Gasteiger partial charge < -0.3 is 0 Å². The zero-order valence-corrected chi connectivity index (χ0v) is 6.54. The maximum atomic E-state index is 4.15. The Balaban J connectivity index is 2.70. The lowest BCUT2D eigenvalue weighted by atomic mass is 10.1. The van der Waals surface area contributed by atoms with Gasteiger partial charge in [-0.25, -0.2) is 0 Å². The van der Waals surface area contributed by atoms with E-state index in [4.69, 9.17) is 0 Å². The SMILES string of the molecule is C/C1=C\N=CC(C)/C=C\C1. The van der Waals surface area contributed by atoms with Crippen molar-refractivity contribution in [1.29, 1.82) is 0 Å². The molecule has 1 heterocycles. The molecule has 0 aromatic heterocycles. The number of allylic oxidation sites excluding steroid dienone is 3. The van der Waals surface area contributed by atoms with E-state index in [0.717, 1.165) is 6.42 Å². The monoisotopic (exact) mass is 135 g/mol. The second-order valence-electron chi connectivity index (χ2n) is 2.76. The summed E-state index contributed by atoms with van der Waals surface area (Å²) in [6.45, 7) is 4.23. The fraction of sp³-hybridized carbons (Fsp3) is 0.444. The number of hydrogen-bond donors (Lipinski definition) is 0. The van der Waals surface area contributed by atoms with E-state index < -0.39 is 0 Å². The minimum Gasteiger partial charge on any atom is -0.269 e. The molecule has 1 atom stereocenters. The molecule has 54 valence electrons. The van der Waals surface area contributed by atoms with Crippen LogP contribution in [0.15, 0.2) is 28.9 Å². The molecule has 0 spiro atoms. The van der Waals surface area contributed by atoms with Gasteiger partial charge in [-0.15, -0.1) is 0 Å². The molecular weight excluding hydrogens is 122 g/mol. The van der Waals surface area contributed by atoms with Gasteiger partial charge >= 0.3 is 0 Å². The third kappa shape index (κ3) is 2.18. The molecule has 1 aliphatic rings. The molecule has 10 heavy (non-hydrogen) atoms. The Labute approximate surface area is 62.2 Å². The van der Waals surface area contributed by atoms with Gasteiger partial charge in [0.2, 0.25) is 0 Å². The van der Waals surface area contributed by atoms with Crippen molar-refractivity contribution in [3.05, 3.63) is 23.9 Å². The summed E-state index contributed by atoms with van der Waals surface area (Å²) in [6.07, 6.45) is 9.31. The fourth-order valence-electron chi connectivity index (χ4n) is 0.877. The van der Waals surface area contributed by atoms with Crippen molar-refractivity contribution >= 4 is 6.21 Å². The summed E-state index contributed by atoms with van der Waals surface area (Å²) in [5.41, 5.74) is 1.32. The molecule has 1 unspecified atom stereocenters. The Hall–Kier alpha value is -0.850. The molecule has 0 bridgehead atoms. The summed E-state index contributed by atoms with van der Waals surface area (Å²) in [5, 5.41) is 0. The Morgan fingerprint density at radius 2 is 2.40 bits per heavy atom. The summed E-state index contributed by atoms with van der Waals surface area (Å²) < 4.78 is 0. The maximum absolute atomic E-state index is 4.15. The molecule has 0 saturated heterocycles. The molecular formula is C9H13N. The molecule has 0 aliphatic carbocycles. The van der Waals surface area contributed by atoms with Crippen LogP contribution >= 0.6 is 0 Å². The van der Waals surface area contributed by atoms with E-state index >= 15 is 0 Å². The standard InChI is InChI=1S/C9H13N/c1-8-4-3-5-9(2)7-10-6-8/h3-4,6-8H,5H2,1-2H3/b4-3-,9-7+,10-6?. The highest BCUT2D eigenvalue weighted by atomic mass is 14.7. The summed E-state index contributed by atoms with van der Waals surface area (Å²) >= 11 is 0. The third-order valence-electron chi connectivity index (χ3n) is 1.50. The van der Waals surface area contributed by atoms with Crippen molar-refractivity contribution in [3.63, 3.8) is 0 Å². The van der Waals surface area contributed by atoms with E-state index in [1.54, 1.807) is 0 Å². The highest BCUT2D eigenvalue weighted by Crippen LogP contribution is 2.06. The van der Waals surface area contributed by atoms with Crippen LogP contribution in [0.2, 0.25) is 0 Å². The normalized spacial score (nSPS) is 33.8. The topological polar surface area (TPSA) is 12.4 Å². The van der Waals surface area contributed by atoms with Gasteiger partial charge in [0.25, 0.3) is 0 Å². The zero-order valence-electron chi connectivity index (χ0n) is 6.54. The average molecular weight is 135 g/mol. The molecule has 0 saturated carbocycles. The van der Waals surface area contributed by atoms with Crippen molar-refractivity contribution in [3.8, 4) is 0 Å². The zero-order chi connectivity index (χ0) is 7.40. The van der Waals surface area contributed by atoms with E-state index in [1.807, 2.05) is 12.4 Å². The molecule has 0 amide bonds. The van der Waals surface area contributed by atoms with Crippen LogP contribution in [0, 0.1) is 5.92 Å². The lowest BCUT2D eigenvalue weighted by molar-refractivity contribution is 0.997. The average Bonchev–Trinajstić information content (AvgIpc) is 1.84. The Morgan fingerprint density at radius 3 is 3.20 bits per heavy atom. The van der Waals surface area contributed by atoms with Crippen molar-refractivity contribution in [2.75, 3.05) is 0 Å². The van der Waals surface area contributed by atoms with Crippen LogP contribution in [0.1, 0.15) is 20.3 Å². The summed E-state index contributed by atoms with van der Waals surface area (Å²) in [7, 11) is 0. The third-order valence-corrected chi connectivity index (χ3v) is 1.50. The predicted octanol–water partition coefficient (Wildman–Crippen LogP) is 2.56. The van der Waals surface area contributed by atoms with Gasteiger partial charge in [-0.1, -0.05) is 24.6 Å². The Kier molecular flexibility index (Phi) is 2.43. The quantitative estimate of drug-likeness (QED) is 0.453. The highest BCUT2D eigenvalue weighted by molar-refractivity contribution is 5.63. The number of hydrogen-bond acceptors (Lipinski definition) is 1. The second kappa shape index (κ2) is 3.35. The first kappa shape index (κ1) is 7.26. The summed E-state index contributed by atoms with van der Waals surface area (Å²) in [5.74, 6) is 0.490. The lowest BCUT2D eigenvalue weighted by Gasteiger charge is -2.00. The Morgan fingerprint density at radius 1 is 1.60 bits per heavy atom. The molecule has 0 N–H and O–H groups in total. The minimum atomic E-state index is 0.490. The first-order chi connectivity index (χ1) is 4.79. The van der Waals surface area contributed by atoms with Crippen molar-refractivity contribution in [1.82, 2.24) is 0 Å². The summed E-state index contributed by atoms with van der Waals surface area (Å²) in [4.78, 5) is 4.15. The number of rotatable bonds is 0. The van der Waals surface area contributed by atoms with Crippen LogP contribution in [0.5, 0.6) is 0 Å². The van der Waals surface area contributed by atoms with E-state index in [0.29, 0.717) is 5.92 Å². The van der Waals surface area contributed by atoms with Crippen molar-refractivity contribution < 1.29 is 0 Å². The smallest absolute Gasteiger partial charge is 0.0256 e. The van der Waals surface area contributed by atoms with E-state index in [2.05, 4.69) is 31.0 Å².